The summed E-state index contributed by atoms with van der Waals surface area (Å²) in [6.07, 6.45) is 2.85. The van der Waals surface area contributed by atoms with Crippen LogP contribution in [0.1, 0.15) is 0 Å². The quantitative estimate of drug-likeness (QED) is 0.602. The van der Waals surface area contributed by atoms with Crippen LogP contribution in [-0.4, -0.2) is 32.4 Å². The first-order valence-corrected chi connectivity index (χ1v) is 5.44. The highest BCUT2D eigenvalue weighted by Crippen LogP contribution is 1.97. The van der Waals surface area contributed by atoms with Gasteiger partial charge in [-0.3, -0.25) is 9.59 Å². The summed E-state index contributed by atoms with van der Waals surface area (Å²) in [5.41, 5.74) is -0.209. The number of rotatable bonds is 0. The predicted molar refractivity (Wildman–Crippen MR) is 60.9 cm³/mol. The van der Waals surface area contributed by atoms with Crippen LogP contribution in [0.3, 0.4) is 0 Å². The molecule has 2 aromatic rings. The van der Waals surface area contributed by atoms with Crippen molar-refractivity contribution in [2.45, 2.75) is 13.1 Å². The topological polar surface area (TPSA) is 81.8 Å². The Morgan fingerprint density at radius 2 is 1.41 bits per heavy atom. The first kappa shape index (κ1) is 10.2. The first-order valence-electron chi connectivity index (χ1n) is 5.44. The van der Waals surface area contributed by atoms with Crippen LogP contribution in [0, 0.1) is 0 Å². The van der Waals surface area contributed by atoms with Gasteiger partial charge in [0.15, 0.2) is 11.0 Å². The number of nitrogens with one attached hydrogen (secondary N) is 1. The molecule has 7 nitrogen and oxygen atoms in total. The molecule has 0 aromatic carbocycles. The van der Waals surface area contributed by atoms with E-state index in [0.29, 0.717) is 26.2 Å². The van der Waals surface area contributed by atoms with E-state index in [1.165, 1.54) is 21.8 Å². The van der Waals surface area contributed by atoms with Crippen molar-refractivity contribution in [1.29, 1.82) is 0 Å². The van der Waals surface area contributed by atoms with E-state index in [9.17, 15) is 9.59 Å². The number of aromatic nitrogens is 4. The van der Waals surface area contributed by atoms with Gasteiger partial charge in [0.25, 0.3) is 11.1 Å². The molecular weight excluding hydrogens is 222 g/mol. The van der Waals surface area contributed by atoms with Crippen LogP contribution in [0.15, 0.2) is 22.0 Å². The molecule has 0 spiro atoms. The molecule has 2 aromatic heterocycles. The highest BCUT2D eigenvalue weighted by molar-refractivity contribution is 5.70. The summed E-state index contributed by atoms with van der Waals surface area (Å²) < 4.78 is 2.89. The third kappa shape index (κ3) is 1.47. The maximum absolute atomic E-state index is 12.2. The van der Waals surface area contributed by atoms with Gasteiger partial charge < -0.3 is 5.32 Å². The van der Waals surface area contributed by atoms with Crippen molar-refractivity contribution < 1.29 is 0 Å². The number of nitrogens with zero attached hydrogens (tertiary/aromatic N) is 4. The molecule has 0 saturated heterocycles. The average Bonchev–Trinajstić information content (AvgIpc) is 2.62. The lowest BCUT2D eigenvalue weighted by Gasteiger charge is -2.11. The molecule has 1 N–H and O–H groups in total. The van der Waals surface area contributed by atoms with Crippen LogP contribution < -0.4 is 16.4 Å². The van der Waals surface area contributed by atoms with Gasteiger partial charge in [0.2, 0.25) is 0 Å². The Hall–Kier alpha value is -2.02. The maximum Gasteiger partial charge on any atom is 0.293 e. The lowest BCUT2D eigenvalue weighted by Crippen LogP contribution is -2.39. The molecule has 1 aliphatic heterocycles. The van der Waals surface area contributed by atoms with Gasteiger partial charge in [-0.05, 0) is 0 Å². The van der Waals surface area contributed by atoms with Gasteiger partial charge in [-0.25, -0.2) is 19.3 Å². The second-order valence-electron chi connectivity index (χ2n) is 3.86. The van der Waals surface area contributed by atoms with Gasteiger partial charge in [0.05, 0.1) is 13.1 Å². The van der Waals surface area contributed by atoms with E-state index >= 15 is 0 Å². The summed E-state index contributed by atoms with van der Waals surface area (Å²) in [6, 6.07) is 0. The zero-order valence-electron chi connectivity index (χ0n) is 9.09. The van der Waals surface area contributed by atoms with Crippen molar-refractivity contribution >= 4 is 11.0 Å². The van der Waals surface area contributed by atoms with Gasteiger partial charge in [-0.2, -0.15) is 0 Å². The van der Waals surface area contributed by atoms with Crippen molar-refractivity contribution in [2.75, 3.05) is 13.1 Å². The number of hydrogen-bond acceptors (Lipinski definition) is 5. The molecule has 0 fully saturated rings. The van der Waals surface area contributed by atoms with E-state index in [-0.39, 0.29) is 22.2 Å². The third-order valence-electron chi connectivity index (χ3n) is 2.86. The lowest BCUT2D eigenvalue weighted by atomic mass is 10.4. The van der Waals surface area contributed by atoms with Crippen LogP contribution in [0.2, 0.25) is 0 Å². The molecule has 0 radical (unpaired) electrons. The van der Waals surface area contributed by atoms with E-state index in [1.807, 2.05) is 0 Å². The van der Waals surface area contributed by atoms with Crippen LogP contribution in [0.25, 0.3) is 11.0 Å². The summed E-state index contributed by atoms with van der Waals surface area (Å²) in [7, 11) is 0. The first-order chi connectivity index (χ1) is 8.29. The third-order valence-corrected chi connectivity index (χ3v) is 2.86. The standard InChI is InChI=1S/C10H11N5O2/c16-9-7-8(13-2-1-12-7)10(17)15-6-4-11-3-5-14(9)15/h1-2,11H,3-6H2. The Labute approximate surface area is 95.7 Å². The largest absolute Gasteiger partial charge is 0.313 e. The Morgan fingerprint density at radius 3 is 1.88 bits per heavy atom. The second kappa shape index (κ2) is 3.77. The van der Waals surface area contributed by atoms with Crippen molar-refractivity contribution in [3.8, 4) is 0 Å². The summed E-state index contributed by atoms with van der Waals surface area (Å²) in [5.74, 6) is 0. The minimum Gasteiger partial charge on any atom is -0.313 e. The highest BCUT2D eigenvalue weighted by Gasteiger charge is 2.15. The van der Waals surface area contributed by atoms with E-state index in [2.05, 4.69) is 15.3 Å². The summed E-state index contributed by atoms with van der Waals surface area (Å²) in [5, 5.41) is 3.14. The molecule has 0 atom stereocenters. The van der Waals surface area contributed by atoms with E-state index in [0.717, 1.165) is 0 Å². The molecule has 1 aliphatic rings. The Balaban J connectivity index is 2.47. The van der Waals surface area contributed by atoms with E-state index < -0.39 is 0 Å². The van der Waals surface area contributed by atoms with E-state index in [1.54, 1.807) is 0 Å². The van der Waals surface area contributed by atoms with Crippen molar-refractivity contribution in [2.24, 2.45) is 0 Å². The van der Waals surface area contributed by atoms with Gasteiger partial charge in [0, 0.05) is 25.5 Å². The van der Waals surface area contributed by atoms with Crippen LogP contribution in [0.5, 0.6) is 0 Å². The second-order valence-corrected chi connectivity index (χ2v) is 3.86. The normalized spacial score (nSPS) is 15.5. The summed E-state index contributed by atoms with van der Waals surface area (Å²) in [6.45, 7) is 2.29. The highest BCUT2D eigenvalue weighted by atomic mass is 16.2. The van der Waals surface area contributed by atoms with Crippen molar-refractivity contribution in [1.82, 2.24) is 24.6 Å². The molecule has 0 bridgehead atoms. The molecule has 0 amide bonds. The molecule has 0 saturated carbocycles. The minimum absolute atomic E-state index is 0.149. The molecule has 0 aliphatic carbocycles. The van der Waals surface area contributed by atoms with Crippen LogP contribution in [0.4, 0.5) is 0 Å². The number of fused-ring (bicyclic) bond motifs is 2. The van der Waals surface area contributed by atoms with Crippen LogP contribution in [-0.2, 0) is 13.1 Å². The number of hydrogen-bond donors (Lipinski definition) is 1. The lowest BCUT2D eigenvalue weighted by molar-refractivity contribution is 0.460. The minimum atomic E-state index is -0.253. The smallest absolute Gasteiger partial charge is 0.293 e. The van der Waals surface area contributed by atoms with Crippen LogP contribution >= 0.6 is 0 Å². The zero-order valence-corrected chi connectivity index (χ0v) is 9.09. The molecule has 88 valence electrons. The van der Waals surface area contributed by atoms with E-state index in [4.69, 9.17) is 0 Å². The van der Waals surface area contributed by atoms with Crippen molar-refractivity contribution in [3.63, 3.8) is 0 Å². The van der Waals surface area contributed by atoms with Crippen molar-refractivity contribution in [3.05, 3.63) is 33.1 Å². The molecule has 17 heavy (non-hydrogen) atoms. The Bertz CT molecular complexity index is 629. The Kier molecular flexibility index (Phi) is 2.25. The fourth-order valence-corrected chi connectivity index (χ4v) is 2.05. The Morgan fingerprint density at radius 1 is 0.941 bits per heavy atom. The monoisotopic (exact) mass is 233 g/mol. The molecular formula is C10H11N5O2. The summed E-state index contributed by atoms with van der Waals surface area (Å²) >= 11 is 0. The average molecular weight is 233 g/mol. The van der Waals surface area contributed by atoms with Gasteiger partial charge in [-0.15, -0.1) is 0 Å². The molecule has 0 unspecified atom stereocenters. The fraction of sp³-hybridized carbons (Fsp3) is 0.400. The fourth-order valence-electron chi connectivity index (χ4n) is 2.05. The van der Waals surface area contributed by atoms with Gasteiger partial charge in [0.1, 0.15) is 0 Å². The summed E-state index contributed by atoms with van der Waals surface area (Å²) in [4.78, 5) is 32.2. The van der Waals surface area contributed by atoms with Gasteiger partial charge >= 0.3 is 0 Å². The predicted octanol–water partition coefficient (Wildman–Crippen LogP) is -1.44. The van der Waals surface area contributed by atoms with Gasteiger partial charge in [-0.1, -0.05) is 0 Å². The SMILES string of the molecule is O=c1c2nccnc2c(=O)n2n1CCNCC2. The zero-order chi connectivity index (χ0) is 11.8. The molecule has 7 heteroatoms. The maximum atomic E-state index is 12.2. The molecule has 3 heterocycles. The molecule has 3 rings (SSSR count).